The molecule has 0 radical (unpaired) electrons. The Morgan fingerprint density at radius 1 is 1.00 bits per heavy atom. The maximum atomic E-state index is 10.5. The summed E-state index contributed by atoms with van der Waals surface area (Å²) in [6, 6.07) is 10.0. The summed E-state index contributed by atoms with van der Waals surface area (Å²) in [6.07, 6.45) is 4.61. The highest BCUT2D eigenvalue weighted by atomic mass is 16.3. The van der Waals surface area contributed by atoms with Crippen molar-refractivity contribution in [1.29, 1.82) is 0 Å². The van der Waals surface area contributed by atoms with Gasteiger partial charge < -0.3 is 10.0 Å². The van der Waals surface area contributed by atoms with Gasteiger partial charge in [-0.05, 0) is 37.4 Å². The monoisotopic (exact) mass is 277 g/mol. The molecule has 0 aliphatic carbocycles. The highest BCUT2D eigenvalue weighted by molar-refractivity contribution is 5.17. The minimum Gasteiger partial charge on any atom is -0.388 e. The molecule has 114 valence electrons. The second kappa shape index (κ2) is 9.95. The molecule has 0 saturated heterocycles. The summed E-state index contributed by atoms with van der Waals surface area (Å²) in [7, 11) is 0. The molecule has 2 heteroatoms. The minimum absolute atomic E-state index is 0.270. The lowest BCUT2D eigenvalue weighted by Gasteiger charge is -2.28. The molecule has 20 heavy (non-hydrogen) atoms. The molecule has 0 aromatic heterocycles. The van der Waals surface area contributed by atoms with E-state index >= 15 is 0 Å². The van der Waals surface area contributed by atoms with Gasteiger partial charge in [0, 0.05) is 6.54 Å². The van der Waals surface area contributed by atoms with Crippen LogP contribution in [0.25, 0.3) is 0 Å². The van der Waals surface area contributed by atoms with E-state index in [4.69, 9.17) is 0 Å². The van der Waals surface area contributed by atoms with Crippen molar-refractivity contribution in [3.8, 4) is 0 Å². The molecule has 1 aromatic carbocycles. The van der Waals surface area contributed by atoms with Crippen LogP contribution in [0.2, 0.25) is 0 Å². The van der Waals surface area contributed by atoms with Gasteiger partial charge in [-0.1, -0.05) is 63.9 Å². The van der Waals surface area contributed by atoms with Gasteiger partial charge in [0.05, 0.1) is 6.10 Å². The third-order valence-corrected chi connectivity index (χ3v) is 3.88. The summed E-state index contributed by atoms with van der Waals surface area (Å²) >= 11 is 0. The largest absolute Gasteiger partial charge is 0.388 e. The summed E-state index contributed by atoms with van der Waals surface area (Å²) < 4.78 is 0. The number of rotatable bonds is 10. The summed E-state index contributed by atoms with van der Waals surface area (Å²) in [5.74, 6) is 0.270. The molecule has 0 saturated carbocycles. The number of hydrogen-bond donors (Lipinski definition) is 1. The fourth-order valence-corrected chi connectivity index (χ4v) is 2.54. The van der Waals surface area contributed by atoms with Crippen molar-refractivity contribution in [2.75, 3.05) is 19.6 Å². The van der Waals surface area contributed by atoms with E-state index in [2.05, 4.69) is 25.7 Å². The lowest BCUT2D eigenvalue weighted by molar-refractivity contribution is 0.0871. The quantitative estimate of drug-likeness (QED) is 0.691. The topological polar surface area (TPSA) is 23.5 Å². The molecule has 0 spiro atoms. The van der Waals surface area contributed by atoms with E-state index in [9.17, 15) is 5.11 Å². The lowest BCUT2D eigenvalue weighted by Crippen LogP contribution is -2.32. The van der Waals surface area contributed by atoms with Crippen molar-refractivity contribution < 1.29 is 5.11 Å². The molecule has 0 aliphatic rings. The van der Waals surface area contributed by atoms with E-state index in [1.54, 1.807) is 0 Å². The molecular weight excluding hydrogens is 246 g/mol. The molecule has 0 bridgehead atoms. The van der Waals surface area contributed by atoms with Crippen LogP contribution < -0.4 is 0 Å². The van der Waals surface area contributed by atoms with Crippen molar-refractivity contribution in [3.63, 3.8) is 0 Å². The van der Waals surface area contributed by atoms with Crippen LogP contribution in [0, 0.1) is 5.92 Å². The van der Waals surface area contributed by atoms with Gasteiger partial charge in [-0.25, -0.2) is 0 Å². The summed E-state index contributed by atoms with van der Waals surface area (Å²) in [5, 5.41) is 10.5. The smallest absolute Gasteiger partial charge is 0.0827 e. The van der Waals surface area contributed by atoms with E-state index in [-0.39, 0.29) is 12.0 Å². The molecule has 2 nitrogen and oxygen atoms in total. The highest BCUT2D eigenvalue weighted by Gasteiger charge is 2.18. The van der Waals surface area contributed by atoms with Crippen LogP contribution >= 0.6 is 0 Å². The first-order valence-electron chi connectivity index (χ1n) is 8.14. The van der Waals surface area contributed by atoms with E-state index in [1.807, 2.05) is 30.3 Å². The average molecular weight is 277 g/mol. The first kappa shape index (κ1) is 17.2. The average Bonchev–Trinajstić information content (AvgIpc) is 2.49. The first-order valence-corrected chi connectivity index (χ1v) is 8.14. The van der Waals surface area contributed by atoms with Gasteiger partial charge in [-0.3, -0.25) is 0 Å². The Labute approximate surface area is 124 Å². The zero-order chi connectivity index (χ0) is 14.8. The Bertz CT molecular complexity index is 331. The Morgan fingerprint density at radius 3 is 2.05 bits per heavy atom. The van der Waals surface area contributed by atoms with Crippen LogP contribution in [0.4, 0.5) is 0 Å². The van der Waals surface area contributed by atoms with E-state index in [0.717, 1.165) is 25.2 Å². The Morgan fingerprint density at radius 2 is 1.55 bits per heavy atom. The Balaban J connectivity index is 2.52. The third-order valence-electron chi connectivity index (χ3n) is 3.88. The standard InChI is InChI=1S/C18H31NO/c1-4-6-13-19(14-7-5-2)15-16(3)18(20)17-11-9-8-10-12-17/h8-12,16,18,20H,4-7,13-15H2,1-3H3. The van der Waals surface area contributed by atoms with Gasteiger partial charge in [0.25, 0.3) is 0 Å². The molecule has 0 amide bonds. The predicted molar refractivity (Wildman–Crippen MR) is 86.8 cm³/mol. The Hall–Kier alpha value is -0.860. The number of nitrogens with zero attached hydrogens (tertiary/aromatic N) is 1. The minimum atomic E-state index is -0.359. The number of aliphatic hydroxyl groups excluding tert-OH is 1. The summed E-state index contributed by atoms with van der Waals surface area (Å²) in [5.41, 5.74) is 1.03. The molecule has 0 fully saturated rings. The predicted octanol–water partition coefficient (Wildman–Crippen LogP) is 4.26. The molecule has 2 atom stereocenters. The van der Waals surface area contributed by atoms with Gasteiger partial charge >= 0.3 is 0 Å². The van der Waals surface area contributed by atoms with Crippen LogP contribution in [-0.4, -0.2) is 29.6 Å². The Kier molecular flexibility index (Phi) is 8.56. The molecule has 1 rings (SSSR count). The van der Waals surface area contributed by atoms with Crippen molar-refractivity contribution >= 4 is 0 Å². The number of benzene rings is 1. The van der Waals surface area contributed by atoms with Gasteiger partial charge in [-0.15, -0.1) is 0 Å². The molecule has 0 aliphatic heterocycles. The first-order chi connectivity index (χ1) is 9.69. The van der Waals surface area contributed by atoms with Crippen molar-refractivity contribution in [2.45, 2.75) is 52.6 Å². The molecule has 1 N–H and O–H groups in total. The van der Waals surface area contributed by atoms with E-state index < -0.39 is 0 Å². The number of aliphatic hydroxyl groups is 1. The number of unbranched alkanes of at least 4 members (excludes halogenated alkanes) is 2. The number of hydrogen-bond acceptors (Lipinski definition) is 2. The van der Waals surface area contributed by atoms with Gasteiger partial charge in [0.1, 0.15) is 0 Å². The van der Waals surface area contributed by atoms with Gasteiger partial charge in [0.2, 0.25) is 0 Å². The van der Waals surface area contributed by atoms with Crippen molar-refractivity contribution in [2.24, 2.45) is 5.92 Å². The maximum absolute atomic E-state index is 10.5. The van der Waals surface area contributed by atoms with Gasteiger partial charge in [0.15, 0.2) is 0 Å². The third kappa shape index (κ3) is 6.06. The second-order valence-corrected chi connectivity index (χ2v) is 5.84. The second-order valence-electron chi connectivity index (χ2n) is 5.84. The lowest BCUT2D eigenvalue weighted by atomic mass is 9.96. The zero-order valence-corrected chi connectivity index (χ0v) is 13.4. The molecule has 0 heterocycles. The highest BCUT2D eigenvalue weighted by Crippen LogP contribution is 2.22. The summed E-state index contributed by atoms with van der Waals surface area (Å²) in [6.45, 7) is 9.92. The van der Waals surface area contributed by atoms with Crippen LogP contribution in [0.5, 0.6) is 0 Å². The van der Waals surface area contributed by atoms with E-state index in [0.29, 0.717) is 0 Å². The zero-order valence-electron chi connectivity index (χ0n) is 13.4. The molecule has 2 unspecified atom stereocenters. The molecule has 1 aromatic rings. The van der Waals surface area contributed by atoms with Crippen LogP contribution in [0.1, 0.15) is 58.1 Å². The van der Waals surface area contributed by atoms with Crippen LogP contribution in [-0.2, 0) is 0 Å². The fourth-order valence-electron chi connectivity index (χ4n) is 2.54. The van der Waals surface area contributed by atoms with Crippen LogP contribution in [0.15, 0.2) is 30.3 Å². The fraction of sp³-hybridized carbons (Fsp3) is 0.667. The van der Waals surface area contributed by atoms with E-state index in [1.165, 1.54) is 25.7 Å². The molecular formula is C18H31NO. The van der Waals surface area contributed by atoms with Crippen molar-refractivity contribution in [1.82, 2.24) is 4.90 Å². The van der Waals surface area contributed by atoms with Crippen LogP contribution in [0.3, 0.4) is 0 Å². The van der Waals surface area contributed by atoms with Crippen molar-refractivity contribution in [3.05, 3.63) is 35.9 Å². The normalized spacial score (nSPS) is 14.4. The van der Waals surface area contributed by atoms with Gasteiger partial charge in [-0.2, -0.15) is 0 Å². The summed E-state index contributed by atoms with van der Waals surface area (Å²) in [4.78, 5) is 2.52. The SMILES string of the molecule is CCCCN(CCCC)CC(C)C(O)c1ccccc1. The maximum Gasteiger partial charge on any atom is 0.0827 e.